The summed E-state index contributed by atoms with van der Waals surface area (Å²) in [5, 5.41) is 11.5. The lowest BCUT2D eigenvalue weighted by molar-refractivity contribution is -0.137. The fourth-order valence-corrected chi connectivity index (χ4v) is 5.33. The van der Waals surface area contributed by atoms with Crippen LogP contribution in [0.4, 0.5) is 13.2 Å². The third-order valence-electron chi connectivity index (χ3n) is 6.47. The highest BCUT2D eigenvalue weighted by atomic mass is 32.1. The van der Waals surface area contributed by atoms with Crippen molar-refractivity contribution in [2.24, 2.45) is 0 Å². The van der Waals surface area contributed by atoms with Crippen molar-refractivity contribution in [2.75, 3.05) is 45.9 Å². The SMILES string of the molecule is Cc1nc2cc(OCC(O)CN3CCN(CC4=CC(c5ccc(C(F)(F)F)cc5)ON4)CC3)ccc2s1. The van der Waals surface area contributed by atoms with Gasteiger partial charge in [0.15, 0.2) is 0 Å². The van der Waals surface area contributed by atoms with Crippen LogP contribution in [0.5, 0.6) is 5.75 Å². The van der Waals surface area contributed by atoms with Gasteiger partial charge in [0.25, 0.3) is 0 Å². The number of alkyl halides is 3. The Bertz CT molecular complexity index is 1240. The average molecular weight is 535 g/mol. The monoisotopic (exact) mass is 534 g/mol. The first-order valence-electron chi connectivity index (χ1n) is 12.2. The van der Waals surface area contributed by atoms with E-state index in [1.807, 2.05) is 31.2 Å². The van der Waals surface area contributed by atoms with Gasteiger partial charge in [-0.2, -0.15) is 13.2 Å². The molecule has 2 atom stereocenters. The number of aromatic nitrogens is 1. The number of fused-ring (bicyclic) bond motifs is 1. The minimum absolute atomic E-state index is 0.217. The molecule has 2 aliphatic heterocycles. The topological polar surface area (TPSA) is 70.1 Å². The zero-order chi connectivity index (χ0) is 26.0. The minimum Gasteiger partial charge on any atom is -0.491 e. The second-order valence-corrected chi connectivity index (χ2v) is 10.6. The summed E-state index contributed by atoms with van der Waals surface area (Å²) in [4.78, 5) is 14.5. The van der Waals surface area contributed by atoms with E-state index in [2.05, 4.69) is 20.3 Å². The van der Waals surface area contributed by atoms with Gasteiger partial charge in [-0.15, -0.1) is 11.3 Å². The molecule has 2 unspecified atom stereocenters. The third kappa shape index (κ3) is 6.60. The molecule has 0 saturated carbocycles. The molecule has 11 heteroatoms. The molecule has 2 aromatic carbocycles. The van der Waals surface area contributed by atoms with Gasteiger partial charge in [-0.3, -0.25) is 20.1 Å². The van der Waals surface area contributed by atoms with Crippen LogP contribution in [0.1, 0.15) is 22.2 Å². The fraction of sp³-hybridized carbons (Fsp3) is 0.423. The van der Waals surface area contributed by atoms with Gasteiger partial charge >= 0.3 is 6.18 Å². The van der Waals surface area contributed by atoms with E-state index in [0.717, 1.165) is 59.2 Å². The minimum atomic E-state index is -4.35. The number of ether oxygens (including phenoxy) is 1. The van der Waals surface area contributed by atoms with Gasteiger partial charge in [0.1, 0.15) is 24.6 Å². The van der Waals surface area contributed by atoms with E-state index in [1.165, 1.54) is 12.1 Å². The highest BCUT2D eigenvalue weighted by Crippen LogP contribution is 2.31. The van der Waals surface area contributed by atoms with E-state index in [0.29, 0.717) is 24.4 Å². The van der Waals surface area contributed by atoms with E-state index in [1.54, 1.807) is 11.3 Å². The van der Waals surface area contributed by atoms with Crippen LogP contribution in [0.25, 0.3) is 10.2 Å². The molecule has 3 heterocycles. The van der Waals surface area contributed by atoms with Crippen molar-refractivity contribution >= 4 is 21.6 Å². The number of aliphatic hydroxyl groups is 1. The van der Waals surface area contributed by atoms with Crippen LogP contribution in [0.2, 0.25) is 0 Å². The van der Waals surface area contributed by atoms with Crippen molar-refractivity contribution in [3.05, 3.63) is 70.4 Å². The van der Waals surface area contributed by atoms with Crippen LogP contribution in [0.3, 0.4) is 0 Å². The van der Waals surface area contributed by atoms with Crippen molar-refractivity contribution in [3.8, 4) is 5.75 Å². The Morgan fingerprint density at radius 3 is 2.59 bits per heavy atom. The molecule has 0 spiro atoms. The number of hydrogen-bond donors (Lipinski definition) is 2. The molecule has 0 amide bonds. The zero-order valence-electron chi connectivity index (χ0n) is 20.4. The Labute approximate surface area is 217 Å². The van der Waals surface area contributed by atoms with Crippen LogP contribution in [-0.4, -0.2) is 71.9 Å². The van der Waals surface area contributed by atoms with Gasteiger partial charge in [0, 0.05) is 45.3 Å². The molecule has 0 radical (unpaired) electrons. The van der Waals surface area contributed by atoms with Crippen molar-refractivity contribution in [1.82, 2.24) is 20.3 Å². The Kier molecular flexibility index (Phi) is 7.68. The summed E-state index contributed by atoms with van der Waals surface area (Å²) in [5.74, 6) is 0.704. The lowest BCUT2D eigenvalue weighted by Gasteiger charge is -2.35. The summed E-state index contributed by atoms with van der Waals surface area (Å²) in [7, 11) is 0. The molecule has 2 N–H and O–H groups in total. The predicted molar refractivity (Wildman–Crippen MR) is 135 cm³/mol. The molecular formula is C26H29F3N4O3S. The molecule has 1 saturated heterocycles. The molecule has 3 aromatic rings. The molecule has 1 fully saturated rings. The predicted octanol–water partition coefficient (Wildman–Crippen LogP) is 4.14. The first-order valence-corrected chi connectivity index (χ1v) is 13.0. The summed E-state index contributed by atoms with van der Waals surface area (Å²) in [5.41, 5.74) is 4.70. The highest BCUT2D eigenvalue weighted by molar-refractivity contribution is 7.18. The number of hydroxylamine groups is 1. The maximum Gasteiger partial charge on any atom is 0.416 e. The second-order valence-electron chi connectivity index (χ2n) is 9.36. The smallest absolute Gasteiger partial charge is 0.416 e. The maximum atomic E-state index is 12.8. The largest absolute Gasteiger partial charge is 0.491 e. The van der Waals surface area contributed by atoms with Crippen LogP contribution < -0.4 is 10.2 Å². The number of aryl methyl sites for hydroxylation is 1. The number of benzene rings is 2. The Morgan fingerprint density at radius 2 is 1.86 bits per heavy atom. The quantitative estimate of drug-likeness (QED) is 0.450. The number of halogens is 3. The Morgan fingerprint density at radius 1 is 1.14 bits per heavy atom. The number of β-amino-alcohol motifs (C(OH)–C–C–N with tert-alkyl or cyclic N) is 1. The summed E-state index contributed by atoms with van der Waals surface area (Å²) in [6.45, 7) is 6.68. The molecule has 7 nitrogen and oxygen atoms in total. The van der Waals surface area contributed by atoms with Crippen LogP contribution >= 0.6 is 11.3 Å². The van der Waals surface area contributed by atoms with E-state index in [4.69, 9.17) is 9.57 Å². The van der Waals surface area contributed by atoms with Crippen LogP contribution in [-0.2, 0) is 11.0 Å². The van der Waals surface area contributed by atoms with Crippen molar-refractivity contribution in [2.45, 2.75) is 25.3 Å². The molecule has 0 bridgehead atoms. The van der Waals surface area contributed by atoms with Gasteiger partial charge in [-0.05, 0) is 42.8 Å². The van der Waals surface area contributed by atoms with Gasteiger partial charge < -0.3 is 9.84 Å². The normalized spacial score (nSPS) is 20.1. The third-order valence-corrected chi connectivity index (χ3v) is 7.42. The van der Waals surface area contributed by atoms with E-state index >= 15 is 0 Å². The number of nitrogens with one attached hydrogen (secondary N) is 1. The number of piperazine rings is 1. The van der Waals surface area contributed by atoms with Crippen LogP contribution in [0, 0.1) is 6.92 Å². The number of thiazole rings is 1. The molecule has 37 heavy (non-hydrogen) atoms. The van der Waals surface area contributed by atoms with Gasteiger partial charge in [0.05, 0.1) is 26.5 Å². The lowest BCUT2D eigenvalue weighted by atomic mass is 10.1. The fourth-order valence-electron chi connectivity index (χ4n) is 4.53. The molecular weight excluding hydrogens is 505 g/mol. The van der Waals surface area contributed by atoms with E-state index < -0.39 is 23.9 Å². The average Bonchev–Trinajstić information content (AvgIpc) is 3.49. The summed E-state index contributed by atoms with van der Waals surface area (Å²) < 4.78 is 45.3. The summed E-state index contributed by atoms with van der Waals surface area (Å²) >= 11 is 1.64. The number of rotatable bonds is 8. The highest BCUT2D eigenvalue weighted by Gasteiger charge is 2.31. The summed E-state index contributed by atoms with van der Waals surface area (Å²) in [6, 6.07) is 10.8. The lowest BCUT2D eigenvalue weighted by Crippen LogP contribution is -2.49. The summed E-state index contributed by atoms with van der Waals surface area (Å²) in [6.07, 6.45) is -3.47. The van der Waals surface area contributed by atoms with Gasteiger partial charge in [-0.1, -0.05) is 12.1 Å². The Balaban J connectivity index is 1.04. The first-order chi connectivity index (χ1) is 17.7. The van der Waals surface area contributed by atoms with Crippen LogP contribution in [0.15, 0.2) is 54.2 Å². The number of nitrogens with zero attached hydrogens (tertiary/aromatic N) is 3. The number of hydrogen-bond acceptors (Lipinski definition) is 8. The zero-order valence-corrected chi connectivity index (χ0v) is 21.2. The van der Waals surface area contributed by atoms with Crippen molar-refractivity contribution < 1.29 is 27.9 Å². The standard InChI is InChI=1S/C26H29F3N4O3S/c1-17-30-23-13-22(6-7-25(23)37-17)35-16-21(34)15-33-10-8-32(9-11-33)14-20-12-24(36-31-20)18-2-4-19(5-3-18)26(27,28)29/h2-7,12-13,21,24,31,34H,8-11,14-16H2,1H3. The van der Waals surface area contributed by atoms with Gasteiger partial charge in [-0.25, -0.2) is 4.98 Å². The van der Waals surface area contributed by atoms with E-state index in [-0.39, 0.29) is 6.61 Å². The molecule has 0 aliphatic carbocycles. The van der Waals surface area contributed by atoms with Crippen molar-refractivity contribution in [3.63, 3.8) is 0 Å². The molecule has 5 rings (SSSR count). The molecule has 198 valence electrons. The second kappa shape index (κ2) is 11.0. The first kappa shape index (κ1) is 25.9. The molecule has 1 aromatic heterocycles. The maximum absolute atomic E-state index is 12.8. The Hall–Kier alpha value is -2.70. The van der Waals surface area contributed by atoms with E-state index in [9.17, 15) is 18.3 Å². The molecule has 2 aliphatic rings. The number of aliphatic hydroxyl groups excluding tert-OH is 1. The van der Waals surface area contributed by atoms with Crippen molar-refractivity contribution in [1.29, 1.82) is 0 Å². The van der Waals surface area contributed by atoms with Gasteiger partial charge in [0.2, 0.25) is 0 Å².